The van der Waals surface area contributed by atoms with E-state index in [9.17, 15) is 9.59 Å². The van der Waals surface area contributed by atoms with Crippen LogP contribution >= 0.6 is 11.6 Å². The number of ether oxygens (including phenoxy) is 4. The summed E-state index contributed by atoms with van der Waals surface area (Å²) < 4.78 is 22.7. The number of hydrogen-bond acceptors (Lipinski definition) is 6. The molecule has 0 unspecified atom stereocenters. The summed E-state index contributed by atoms with van der Waals surface area (Å²) in [4.78, 5) is 27.5. The summed E-state index contributed by atoms with van der Waals surface area (Å²) in [6, 6.07) is 10.6. The van der Waals surface area contributed by atoms with Crippen molar-refractivity contribution in [3.05, 3.63) is 47.0 Å². The normalized spacial score (nSPS) is 16.7. The van der Waals surface area contributed by atoms with Gasteiger partial charge >= 0.3 is 0 Å². The van der Waals surface area contributed by atoms with E-state index in [1.54, 1.807) is 31.4 Å². The standard InChI is InChI=1S/C25H28ClNO6/c1-30-19-14-21(31-2)24-20(28)16-25(33-22(24)15-19)9-11-27(12-10-25)23(29)4-3-13-32-18-7-5-17(26)6-8-18/h5-8,14-15H,3-4,9-13,16H2,1-2H3. The van der Waals surface area contributed by atoms with Crippen LogP contribution in [0.3, 0.4) is 0 Å². The first-order valence-corrected chi connectivity index (χ1v) is 11.5. The zero-order chi connectivity index (χ0) is 23.4. The fourth-order valence-electron chi connectivity index (χ4n) is 4.40. The number of amides is 1. The molecule has 0 radical (unpaired) electrons. The molecule has 7 nitrogen and oxygen atoms in total. The largest absolute Gasteiger partial charge is 0.496 e. The van der Waals surface area contributed by atoms with Gasteiger partial charge in [-0.05, 0) is 30.7 Å². The van der Waals surface area contributed by atoms with Crippen LogP contribution in [0.2, 0.25) is 5.02 Å². The molecule has 1 amide bonds. The number of piperidine rings is 1. The average molecular weight is 474 g/mol. The second kappa shape index (κ2) is 9.91. The highest BCUT2D eigenvalue weighted by atomic mass is 35.5. The number of halogens is 1. The minimum atomic E-state index is -0.601. The third-order valence-electron chi connectivity index (χ3n) is 6.23. The van der Waals surface area contributed by atoms with Gasteiger partial charge in [0.15, 0.2) is 5.78 Å². The van der Waals surface area contributed by atoms with Gasteiger partial charge in [0.05, 0.1) is 27.2 Å². The van der Waals surface area contributed by atoms with Gasteiger partial charge < -0.3 is 23.8 Å². The van der Waals surface area contributed by atoms with Gasteiger partial charge in [0.25, 0.3) is 0 Å². The molecule has 33 heavy (non-hydrogen) atoms. The van der Waals surface area contributed by atoms with Crippen molar-refractivity contribution in [2.75, 3.05) is 33.9 Å². The van der Waals surface area contributed by atoms with Gasteiger partial charge in [-0.25, -0.2) is 0 Å². The van der Waals surface area contributed by atoms with Crippen molar-refractivity contribution in [1.82, 2.24) is 4.90 Å². The molecule has 1 spiro atoms. The summed E-state index contributed by atoms with van der Waals surface area (Å²) in [5.41, 5.74) is -0.140. The van der Waals surface area contributed by atoms with Crippen LogP contribution in [0.4, 0.5) is 0 Å². The second-order valence-electron chi connectivity index (χ2n) is 8.37. The summed E-state index contributed by atoms with van der Waals surface area (Å²) in [6.45, 7) is 1.57. The number of Topliss-reactive ketones (excluding diaryl/α,β-unsaturated/α-hetero) is 1. The van der Waals surface area contributed by atoms with Gasteiger partial charge in [-0.3, -0.25) is 9.59 Å². The summed E-state index contributed by atoms with van der Waals surface area (Å²) in [7, 11) is 3.09. The molecule has 0 aromatic heterocycles. The van der Waals surface area contributed by atoms with Crippen molar-refractivity contribution in [2.24, 2.45) is 0 Å². The van der Waals surface area contributed by atoms with Gasteiger partial charge in [-0.15, -0.1) is 0 Å². The number of benzene rings is 2. The fourth-order valence-corrected chi connectivity index (χ4v) is 4.52. The van der Waals surface area contributed by atoms with Gasteiger partial charge in [-0.1, -0.05) is 11.6 Å². The number of carbonyl (C=O) groups excluding carboxylic acids is 2. The number of nitrogens with zero attached hydrogens (tertiary/aromatic N) is 1. The molecule has 8 heteroatoms. The van der Waals surface area contributed by atoms with E-state index in [2.05, 4.69) is 0 Å². The highest BCUT2D eigenvalue weighted by Gasteiger charge is 2.44. The smallest absolute Gasteiger partial charge is 0.222 e. The minimum absolute atomic E-state index is 0.00474. The minimum Gasteiger partial charge on any atom is -0.496 e. The van der Waals surface area contributed by atoms with E-state index in [1.807, 2.05) is 17.0 Å². The van der Waals surface area contributed by atoms with Crippen LogP contribution in [0.15, 0.2) is 36.4 Å². The molecule has 0 aliphatic carbocycles. The molecule has 2 aliphatic heterocycles. The van der Waals surface area contributed by atoms with Crippen LogP contribution in [0.5, 0.6) is 23.0 Å². The highest BCUT2D eigenvalue weighted by Crippen LogP contribution is 2.44. The van der Waals surface area contributed by atoms with Crippen molar-refractivity contribution >= 4 is 23.3 Å². The Morgan fingerprint density at radius 2 is 1.82 bits per heavy atom. The molecule has 0 N–H and O–H groups in total. The van der Waals surface area contributed by atoms with Crippen molar-refractivity contribution in [1.29, 1.82) is 0 Å². The Morgan fingerprint density at radius 1 is 1.09 bits per heavy atom. The lowest BCUT2D eigenvalue weighted by atomic mass is 9.82. The first kappa shape index (κ1) is 23.2. The SMILES string of the molecule is COc1cc(OC)c2c(c1)OC1(CCN(C(=O)CCCOc3ccc(Cl)cc3)CC1)CC2=O. The molecule has 2 heterocycles. The van der Waals surface area contributed by atoms with Crippen LogP contribution < -0.4 is 18.9 Å². The molecule has 1 fully saturated rings. The van der Waals surface area contributed by atoms with E-state index >= 15 is 0 Å². The van der Waals surface area contributed by atoms with E-state index in [0.29, 0.717) is 73.2 Å². The van der Waals surface area contributed by atoms with Gasteiger partial charge in [-0.2, -0.15) is 0 Å². The predicted octanol–water partition coefficient (Wildman–Crippen LogP) is 4.54. The van der Waals surface area contributed by atoms with Crippen LogP contribution in [-0.2, 0) is 4.79 Å². The quantitative estimate of drug-likeness (QED) is 0.549. The highest BCUT2D eigenvalue weighted by molar-refractivity contribution is 6.30. The van der Waals surface area contributed by atoms with Crippen molar-refractivity contribution in [3.8, 4) is 23.0 Å². The fraction of sp³-hybridized carbons (Fsp3) is 0.440. The Balaban J connectivity index is 1.30. The summed E-state index contributed by atoms with van der Waals surface area (Å²) in [5, 5.41) is 0.658. The van der Waals surface area contributed by atoms with E-state index < -0.39 is 5.60 Å². The third-order valence-corrected chi connectivity index (χ3v) is 6.48. The lowest BCUT2D eigenvalue weighted by Gasteiger charge is -2.44. The van der Waals surface area contributed by atoms with Crippen LogP contribution in [0.25, 0.3) is 0 Å². The van der Waals surface area contributed by atoms with Gasteiger partial charge in [0.1, 0.15) is 34.2 Å². The summed E-state index contributed by atoms with van der Waals surface area (Å²) >= 11 is 5.87. The molecule has 0 bridgehead atoms. The van der Waals surface area contributed by atoms with Crippen LogP contribution in [0.1, 0.15) is 42.5 Å². The summed E-state index contributed by atoms with van der Waals surface area (Å²) in [5.74, 6) is 2.34. The van der Waals surface area contributed by atoms with Crippen molar-refractivity contribution in [2.45, 2.75) is 37.7 Å². The lowest BCUT2D eigenvalue weighted by molar-refractivity contribution is -0.135. The predicted molar refractivity (Wildman–Crippen MR) is 124 cm³/mol. The molecule has 0 atom stereocenters. The Bertz CT molecular complexity index is 1010. The monoisotopic (exact) mass is 473 g/mol. The Labute approximate surface area is 198 Å². The number of carbonyl (C=O) groups is 2. The number of likely N-dealkylation sites (tertiary alicyclic amines) is 1. The zero-order valence-electron chi connectivity index (χ0n) is 18.9. The van der Waals surface area contributed by atoms with Gasteiger partial charge in [0, 0.05) is 49.5 Å². The molecule has 4 rings (SSSR count). The van der Waals surface area contributed by atoms with Crippen LogP contribution in [0, 0.1) is 0 Å². The van der Waals surface area contributed by atoms with E-state index in [-0.39, 0.29) is 18.1 Å². The van der Waals surface area contributed by atoms with Crippen molar-refractivity contribution < 1.29 is 28.5 Å². The molecular formula is C25H28ClNO6. The Morgan fingerprint density at radius 3 is 2.48 bits per heavy atom. The van der Waals surface area contributed by atoms with E-state index in [0.717, 1.165) is 5.75 Å². The molecule has 2 aromatic carbocycles. The van der Waals surface area contributed by atoms with Crippen molar-refractivity contribution in [3.63, 3.8) is 0 Å². The number of fused-ring (bicyclic) bond motifs is 1. The average Bonchev–Trinajstić information content (AvgIpc) is 2.82. The topological polar surface area (TPSA) is 74.3 Å². The first-order chi connectivity index (χ1) is 15.9. The van der Waals surface area contributed by atoms with E-state index in [4.69, 9.17) is 30.5 Å². The maximum absolute atomic E-state index is 13.0. The molecule has 0 saturated carbocycles. The molecular weight excluding hydrogens is 446 g/mol. The van der Waals surface area contributed by atoms with Gasteiger partial charge in [0.2, 0.25) is 5.91 Å². The lowest BCUT2D eigenvalue weighted by Crippen LogP contribution is -2.52. The molecule has 176 valence electrons. The maximum atomic E-state index is 13.0. The van der Waals surface area contributed by atoms with E-state index in [1.165, 1.54) is 7.11 Å². The second-order valence-corrected chi connectivity index (χ2v) is 8.81. The first-order valence-electron chi connectivity index (χ1n) is 11.1. The number of methoxy groups -OCH3 is 2. The Kier molecular flexibility index (Phi) is 6.98. The molecule has 2 aliphatic rings. The third kappa shape index (κ3) is 5.19. The summed E-state index contributed by atoms with van der Waals surface area (Å²) in [6.07, 6.45) is 2.53. The Hall–Kier alpha value is -2.93. The van der Waals surface area contributed by atoms with Crippen LogP contribution in [-0.4, -0.2) is 56.1 Å². The number of rotatable bonds is 7. The number of hydrogen-bond donors (Lipinski definition) is 0. The molecule has 2 aromatic rings. The molecule has 1 saturated heterocycles. The zero-order valence-corrected chi connectivity index (χ0v) is 19.7. The maximum Gasteiger partial charge on any atom is 0.222 e. The number of ketones is 1.